The third-order valence-electron chi connectivity index (χ3n) is 16.2. The summed E-state index contributed by atoms with van der Waals surface area (Å²) in [5, 5.41) is 45.6. The summed E-state index contributed by atoms with van der Waals surface area (Å²) in [6.07, 6.45) is 7.23. The molecule has 3 fully saturated rings. The van der Waals surface area contributed by atoms with Crippen molar-refractivity contribution in [1.29, 1.82) is 0 Å². The van der Waals surface area contributed by atoms with Gasteiger partial charge in [-0.05, 0) is 124 Å². The van der Waals surface area contributed by atoms with Crippen LogP contribution >= 0.6 is 0 Å². The van der Waals surface area contributed by atoms with Crippen molar-refractivity contribution in [2.75, 3.05) is 27.8 Å². The molecule has 1 aromatic rings. The number of para-hydroxylation sites is 1. The zero-order valence-electron chi connectivity index (χ0n) is 47.6. The number of aliphatic hydroxyl groups is 2. The van der Waals surface area contributed by atoms with Gasteiger partial charge in [0, 0.05) is 51.4 Å². The van der Waals surface area contributed by atoms with E-state index < -0.39 is 108 Å². The average molecular weight is 1110 g/mol. The Kier molecular flexibility index (Phi) is 24.3. The maximum Gasteiger partial charge on any atom is 0.439 e. The van der Waals surface area contributed by atoms with E-state index >= 15 is 0 Å². The standard InChI is InChI=1S/C59H85N3O17/c1-35-19-13-11-14-20-36(2)47(62(73)58(70)76-43-21-15-12-16-22-43)33-44-26-24-41(7)59(71,78-44)54(66)55(67)61-28-18-17-23-46(61)57(69)77-49(38(4)31-42-25-27-45(50(32-42)74-9)56(68)79-60(8)72)34-48(63)37(3)30-40(6)52(65)53(75-10)51(64)39(5)29-35/h11-16,19-22,30,35,37-39,41-42,44-47,49-50,52-53,65,71-73H,17-18,23-29,31-34H2,1-10H3/b14-11+,19-13-,36-20+,40-30+/t35-,37-,38-,39-,41-,42+,44+,45-,46+,47-,49+,50-,52-,53+,59-/m1/s1. The first-order valence-corrected chi connectivity index (χ1v) is 27.8. The molecular weight excluding hydrogens is 1020 g/mol. The third-order valence-corrected chi connectivity index (χ3v) is 16.2. The van der Waals surface area contributed by atoms with Crippen LogP contribution < -0.4 is 4.74 Å². The summed E-state index contributed by atoms with van der Waals surface area (Å²) in [4.78, 5) is 104. The maximum absolute atomic E-state index is 14.6. The molecule has 0 aromatic heterocycles. The molecule has 0 spiro atoms. The number of cyclic esters (lactones) is 1. The minimum Gasteiger partial charge on any atom is -0.460 e. The van der Waals surface area contributed by atoms with E-state index in [1.54, 1.807) is 95.3 Å². The van der Waals surface area contributed by atoms with Crippen molar-refractivity contribution in [3.8, 4) is 5.75 Å². The quantitative estimate of drug-likeness (QED) is 0.0614. The van der Waals surface area contributed by atoms with Crippen LogP contribution in [0, 0.1) is 41.4 Å². The number of fused-ring (bicyclic) bond motifs is 3. The molecule has 2 saturated heterocycles. The van der Waals surface area contributed by atoms with Gasteiger partial charge in [0.15, 0.2) is 5.78 Å². The van der Waals surface area contributed by atoms with Crippen LogP contribution in [0.15, 0.2) is 77.9 Å². The third kappa shape index (κ3) is 17.3. The summed E-state index contributed by atoms with van der Waals surface area (Å²) >= 11 is 0. The molecule has 438 valence electrons. The van der Waals surface area contributed by atoms with E-state index in [9.17, 15) is 54.2 Å². The number of hydrogen-bond donors (Lipinski definition) is 4. The molecule has 1 aromatic carbocycles. The second-order valence-electron chi connectivity index (χ2n) is 22.3. The zero-order valence-corrected chi connectivity index (χ0v) is 47.6. The number of methoxy groups -OCH3 is 2. The SMILES string of the molecule is CO[C@@H]1C[C@H](C[C@@H](C)[C@@H]2CC(=O)[C@H](C)/C=C(\C)[C@@H](O)[C@@H](OC)C(=O)[C@H](C)C[C@H](C)\C=C/C=C/C=C(\C)[C@H](N(O)C(=O)Oc3ccccc3)C[C@@H]3CC[C@@H](C)[C@@](O)(O3)C(=O)C(=O)N3CCCC[C@H]3C(=O)O2)CC[C@H]1C(=O)ON(C)O. The number of hydroxylamine groups is 4. The summed E-state index contributed by atoms with van der Waals surface area (Å²) in [5.41, 5.74) is 0.785. The lowest BCUT2D eigenvalue weighted by Crippen LogP contribution is -2.61. The fraction of sp³-hybridized carbons (Fsp3) is 0.644. The van der Waals surface area contributed by atoms with E-state index in [1.807, 2.05) is 19.9 Å². The van der Waals surface area contributed by atoms with Crippen LogP contribution in [0.1, 0.15) is 126 Å². The van der Waals surface area contributed by atoms with Gasteiger partial charge in [0.1, 0.15) is 35.9 Å². The predicted molar refractivity (Wildman–Crippen MR) is 287 cm³/mol. The van der Waals surface area contributed by atoms with Gasteiger partial charge >= 0.3 is 18.0 Å². The van der Waals surface area contributed by atoms with Crippen LogP contribution in [0.4, 0.5) is 4.79 Å². The van der Waals surface area contributed by atoms with Crippen LogP contribution in [-0.2, 0) is 52.6 Å². The maximum atomic E-state index is 14.6. The molecule has 2 amide bonds. The molecule has 20 heteroatoms. The summed E-state index contributed by atoms with van der Waals surface area (Å²) in [5.74, 6) is -10.8. The Hall–Kier alpha value is -5.45. The van der Waals surface area contributed by atoms with Gasteiger partial charge in [-0.2, -0.15) is 5.06 Å². The van der Waals surface area contributed by atoms with Crippen molar-refractivity contribution >= 4 is 41.3 Å². The van der Waals surface area contributed by atoms with E-state index in [1.165, 1.54) is 21.3 Å². The van der Waals surface area contributed by atoms with E-state index in [4.69, 9.17) is 28.5 Å². The first-order chi connectivity index (χ1) is 37.4. The molecule has 4 N–H and O–H groups in total. The lowest BCUT2D eigenvalue weighted by molar-refractivity contribution is -0.306. The molecule has 0 radical (unpaired) electrons. The summed E-state index contributed by atoms with van der Waals surface area (Å²) in [6.45, 7) is 12.0. The molecule has 5 rings (SSSR count). The van der Waals surface area contributed by atoms with Crippen LogP contribution in [0.5, 0.6) is 5.75 Å². The zero-order chi connectivity index (χ0) is 58.3. The lowest BCUT2D eigenvalue weighted by Gasteiger charge is -2.43. The van der Waals surface area contributed by atoms with Gasteiger partial charge in [-0.1, -0.05) is 89.3 Å². The molecule has 1 aliphatic carbocycles. The Labute approximate surface area is 464 Å². The van der Waals surface area contributed by atoms with Crippen LogP contribution in [0.3, 0.4) is 0 Å². The van der Waals surface area contributed by atoms with Crippen molar-refractivity contribution in [2.45, 2.75) is 174 Å². The molecule has 0 unspecified atom stereocenters. The number of ketones is 3. The van der Waals surface area contributed by atoms with Crippen LogP contribution in [0.25, 0.3) is 0 Å². The van der Waals surface area contributed by atoms with Gasteiger partial charge in [0.05, 0.1) is 31.2 Å². The van der Waals surface area contributed by atoms with E-state index in [0.717, 1.165) is 4.90 Å². The highest BCUT2D eigenvalue weighted by molar-refractivity contribution is 6.39. The number of nitrogens with zero attached hydrogens (tertiary/aromatic N) is 3. The van der Waals surface area contributed by atoms with Crippen molar-refractivity contribution in [1.82, 2.24) is 15.2 Å². The molecule has 4 aliphatic rings. The smallest absolute Gasteiger partial charge is 0.439 e. The van der Waals surface area contributed by atoms with Gasteiger partial charge < -0.3 is 43.6 Å². The first kappa shape index (κ1) is 64.4. The Balaban J connectivity index is 1.50. The second kappa shape index (κ2) is 29.8. The number of rotatable bonds is 9. The number of hydrogen-bond acceptors (Lipinski definition) is 18. The number of allylic oxidation sites excluding steroid dienone is 6. The fourth-order valence-corrected chi connectivity index (χ4v) is 11.4. The van der Waals surface area contributed by atoms with Crippen molar-refractivity contribution in [3.05, 3.63) is 77.9 Å². The molecule has 15 atom stereocenters. The number of Topliss-reactive ketones (excluding diaryl/α,β-unsaturated/α-hetero) is 3. The van der Waals surface area contributed by atoms with E-state index in [2.05, 4.69) is 0 Å². The Morgan fingerprint density at radius 3 is 2.25 bits per heavy atom. The molecule has 2 bridgehead atoms. The minimum absolute atomic E-state index is 0.0304. The number of ether oxygens (including phenoxy) is 5. The van der Waals surface area contributed by atoms with E-state index in [-0.39, 0.29) is 67.8 Å². The van der Waals surface area contributed by atoms with E-state index in [0.29, 0.717) is 66.4 Å². The molecule has 1 saturated carbocycles. The van der Waals surface area contributed by atoms with Gasteiger partial charge in [-0.15, -0.1) is 0 Å². The highest BCUT2D eigenvalue weighted by Gasteiger charge is 2.53. The van der Waals surface area contributed by atoms with Crippen LogP contribution in [0.2, 0.25) is 0 Å². The monoisotopic (exact) mass is 1110 g/mol. The summed E-state index contributed by atoms with van der Waals surface area (Å²) in [7, 11) is 3.99. The van der Waals surface area contributed by atoms with Crippen molar-refractivity contribution < 1.29 is 82.7 Å². The molecular formula is C59H85N3O17. The highest BCUT2D eigenvalue weighted by Crippen LogP contribution is 2.39. The largest absolute Gasteiger partial charge is 0.460 e. The van der Waals surface area contributed by atoms with Gasteiger partial charge in [0.25, 0.3) is 11.7 Å². The van der Waals surface area contributed by atoms with Crippen LogP contribution in [-0.4, -0.2) is 153 Å². The van der Waals surface area contributed by atoms with Crippen molar-refractivity contribution in [3.63, 3.8) is 0 Å². The Bertz CT molecular complexity index is 2390. The number of piperidine rings is 1. The number of amides is 2. The highest BCUT2D eigenvalue weighted by atomic mass is 16.9. The summed E-state index contributed by atoms with van der Waals surface area (Å²) < 4.78 is 29.3. The van der Waals surface area contributed by atoms with Gasteiger partial charge in [-0.3, -0.25) is 29.6 Å². The molecule has 3 aliphatic heterocycles. The van der Waals surface area contributed by atoms with Gasteiger partial charge in [0.2, 0.25) is 5.79 Å². The number of carbonyl (C=O) groups excluding carboxylic acids is 7. The number of aliphatic hydroxyl groups excluding tert-OH is 1. The van der Waals surface area contributed by atoms with Crippen molar-refractivity contribution in [2.24, 2.45) is 41.4 Å². The Morgan fingerprint density at radius 1 is 0.873 bits per heavy atom. The average Bonchev–Trinajstić information content (AvgIpc) is 3.41. The Morgan fingerprint density at radius 2 is 1.58 bits per heavy atom. The molecule has 3 heterocycles. The number of benzene rings is 1. The topological polar surface area (TPSA) is 266 Å². The molecule has 20 nitrogen and oxygen atoms in total. The minimum atomic E-state index is -2.67. The summed E-state index contributed by atoms with van der Waals surface area (Å²) in [6, 6.07) is 5.74. The van der Waals surface area contributed by atoms with Gasteiger partial charge in [-0.25, -0.2) is 14.4 Å². The normalized spacial score (nSPS) is 35.2. The number of esters is 1. The lowest BCUT2D eigenvalue weighted by atomic mass is 9.75. The fourth-order valence-electron chi connectivity index (χ4n) is 11.4. The molecule has 79 heavy (non-hydrogen) atoms. The second-order valence-corrected chi connectivity index (χ2v) is 22.3. The predicted octanol–water partition coefficient (Wildman–Crippen LogP) is 7.46. The number of carbonyl (C=O) groups is 7. The first-order valence-electron chi connectivity index (χ1n) is 27.8.